The molecule has 0 fully saturated rings. The molecule has 1 unspecified atom stereocenters. The minimum Gasteiger partial charge on any atom is -0.476 e. The second-order valence-corrected chi connectivity index (χ2v) is 6.52. The molecule has 138 valence electrons. The van der Waals surface area contributed by atoms with Gasteiger partial charge in [-0.1, -0.05) is 29.8 Å². The van der Waals surface area contributed by atoms with Crippen molar-refractivity contribution in [1.29, 1.82) is 0 Å². The summed E-state index contributed by atoms with van der Waals surface area (Å²) in [5.41, 5.74) is 2.12. The van der Waals surface area contributed by atoms with Crippen LogP contribution < -0.4 is 4.74 Å². The van der Waals surface area contributed by atoms with Gasteiger partial charge in [0.15, 0.2) is 6.10 Å². The first-order valence-corrected chi connectivity index (χ1v) is 8.98. The fraction of sp³-hybridized carbons (Fsp3) is 0.227. The average molecular weight is 363 g/mol. The molecule has 0 saturated carbocycles. The quantitative estimate of drug-likeness (QED) is 0.510. The van der Waals surface area contributed by atoms with Gasteiger partial charge in [-0.25, -0.2) is 4.98 Å². The fourth-order valence-corrected chi connectivity index (χ4v) is 3.19. The van der Waals surface area contributed by atoms with E-state index in [2.05, 4.69) is 11.1 Å². The lowest BCUT2D eigenvalue weighted by atomic mass is 10.1. The van der Waals surface area contributed by atoms with E-state index in [9.17, 15) is 0 Å². The van der Waals surface area contributed by atoms with Crippen molar-refractivity contribution in [3.8, 4) is 5.75 Å². The van der Waals surface area contributed by atoms with Gasteiger partial charge in [-0.05, 0) is 31.5 Å². The van der Waals surface area contributed by atoms with E-state index in [-0.39, 0.29) is 6.61 Å². The van der Waals surface area contributed by atoms with Crippen LogP contribution in [0.3, 0.4) is 0 Å². The molecular formula is C22H21NO4. The van der Waals surface area contributed by atoms with Crippen LogP contribution in [0.4, 0.5) is 0 Å². The van der Waals surface area contributed by atoms with Crippen LogP contribution >= 0.6 is 0 Å². The molecule has 0 aliphatic carbocycles. The maximum atomic E-state index is 9.02. The normalized spacial score (nSPS) is 12.4. The van der Waals surface area contributed by atoms with Crippen LogP contribution in [0.5, 0.6) is 5.75 Å². The number of rotatable bonds is 7. The highest BCUT2D eigenvalue weighted by atomic mass is 16.5. The third kappa shape index (κ3) is 3.73. The molecule has 27 heavy (non-hydrogen) atoms. The number of ether oxygens (including phenoxy) is 1. The second kappa shape index (κ2) is 7.68. The Hall–Kier alpha value is -3.05. The van der Waals surface area contributed by atoms with Crippen LogP contribution in [-0.4, -0.2) is 16.7 Å². The molecule has 5 heteroatoms. The first-order chi connectivity index (χ1) is 13.2. The van der Waals surface area contributed by atoms with Gasteiger partial charge in [0.25, 0.3) is 0 Å². The van der Waals surface area contributed by atoms with Crippen LogP contribution in [-0.2, 0) is 6.42 Å². The number of nitrogens with zero attached hydrogens (tertiary/aromatic N) is 1. The van der Waals surface area contributed by atoms with Crippen LogP contribution in [0.1, 0.15) is 35.3 Å². The van der Waals surface area contributed by atoms with E-state index >= 15 is 0 Å². The summed E-state index contributed by atoms with van der Waals surface area (Å²) < 4.78 is 17.4. The van der Waals surface area contributed by atoms with E-state index in [1.807, 2.05) is 43.3 Å². The maximum absolute atomic E-state index is 9.02. The van der Waals surface area contributed by atoms with Gasteiger partial charge >= 0.3 is 0 Å². The summed E-state index contributed by atoms with van der Waals surface area (Å²) >= 11 is 0. The third-order valence-electron chi connectivity index (χ3n) is 4.49. The van der Waals surface area contributed by atoms with Crippen LogP contribution in [0.2, 0.25) is 0 Å². The van der Waals surface area contributed by atoms with Gasteiger partial charge in [-0.3, -0.25) is 0 Å². The number of aliphatic hydroxyl groups is 1. The van der Waals surface area contributed by atoms with Crippen molar-refractivity contribution in [2.75, 3.05) is 6.61 Å². The molecule has 4 aromatic rings. The van der Waals surface area contributed by atoms with Crippen LogP contribution in [0, 0.1) is 6.92 Å². The molecule has 0 aliphatic heterocycles. The van der Waals surface area contributed by atoms with Crippen molar-refractivity contribution in [2.24, 2.45) is 0 Å². The van der Waals surface area contributed by atoms with Gasteiger partial charge in [0.2, 0.25) is 5.89 Å². The molecular weight excluding hydrogens is 342 g/mol. The van der Waals surface area contributed by atoms with Gasteiger partial charge in [0, 0.05) is 29.4 Å². The van der Waals surface area contributed by atoms with E-state index in [4.69, 9.17) is 18.7 Å². The smallest absolute Gasteiger partial charge is 0.240 e. The number of benzene rings is 2. The Labute approximate surface area is 157 Å². The molecule has 0 aliphatic rings. The van der Waals surface area contributed by atoms with Crippen molar-refractivity contribution in [3.63, 3.8) is 0 Å². The topological polar surface area (TPSA) is 68.6 Å². The minimum absolute atomic E-state index is 0.151. The fourth-order valence-electron chi connectivity index (χ4n) is 3.19. The first-order valence-electron chi connectivity index (χ1n) is 8.98. The Kier molecular flexibility index (Phi) is 4.94. The Bertz CT molecular complexity index is 1020. The predicted molar refractivity (Wildman–Crippen MR) is 102 cm³/mol. The zero-order valence-corrected chi connectivity index (χ0v) is 15.1. The van der Waals surface area contributed by atoms with Crippen molar-refractivity contribution >= 4 is 10.8 Å². The Morgan fingerprint density at radius 1 is 1.15 bits per heavy atom. The predicted octanol–water partition coefficient (Wildman–Crippen LogP) is 4.82. The molecule has 0 saturated heterocycles. The molecule has 2 aromatic carbocycles. The summed E-state index contributed by atoms with van der Waals surface area (Å²) in [5.74, 6) is 2.10. The summed E-state index contributed by atoms with van der Waals surface area (Å²) in [4.78, 5) is 4.29. The third-order valence-corrected chi connectivity index (χ3v) is 4.49. The molecule has 1 N–H and O–H groups in total. The molecule has 2 heterocycles. The van der Waals surface area contributed by atoms with Crippen LogP contribution in [0.25, 0.3) is 10.8 Å². The molecule has 1 atom stereocenters. The second-order valence-electron chi connectivity index (χ2n) is 6.52. The zero-order chi connectivity index (χ0) is 18.6. The van der Waals surface area contributed by atoms with E-state index in [1.165, 1.54) is 0 Å². The van der Waals surface area contributed by atoms with Crippen molar-refractivity contribution in [3.05, 3.63) is 84.0 Å². The standard InChI is InChI=1S/C22H21NO4/c1-15-4-2-5-16(12-15)21(22-23-9-11-25-22)27-18-7-8-19-17(13-18)14-26-20(19)6-3-10-24/h2,4-5,7-9,11-14,21,24H,3,6,10H2,1H3. The number of oxazole rings is 1. The highest BCUT2D eigenvalue weighted by molar-refractivity contribution is 5.85. The molecule has 0 amide bonds. The highest BCUT2D eigenvalue weighted by Gasteiger charge is 2.21. The van der Waals surface area contributed by atoms with Gasteiger partial charge in [-0.2, -0.15) is 0 Å². The summed E-state index contributed by atoms with van der Waals surface area (Å²) in [6.07, 6.45) is 5.85. The largest absolute Gasteiger partial charge is 0.476 e. The van der Waals surface area contributed by atoms with Crippen molar-refractivity contribution in [2.45, 2.75) is 25.9 Å². The number of aromatic nitrogens is 1. The number of fused-ring (bicyclic) bond motifs is 1. The van der Waals surface area contributed by atoms with Gasteiger partial charge in [0.05, 0.1) is 12.5 Å². The zero-order valence-electron chi connectivity index (χ0n) is 15.1. The molecule has 0 spiro atoms. The number of hydrogen-bond acceptors (Lipinski definition) is 5. The van der Waals surface area contributed by atoms with E-state index in [1.54, 1.807) is 18.7 Å². The summed E-state index contributed by atoms with van der Waals surface area (Å²) in [5, 5.41) is 11.0. The van der Waals surface area contributed by atoms with Crippen molar-refractivity contribution in [1.82, 2.24) is 4.98 Å². The van der Waals surface area contributed by atoms with E-state index < -0.39 is 6.10 Å². The molecule has 0 bridgehead atoms. The summed E-state index contributed by atoms with van der Waals surface area (Å²) in [6, 6.07) is 14.0. The Morgan fingerprint density at radius 3 is 2.85 bits per heavy atom. The number of furan rings is 1. The van der Waals surface area contributed by atoms with E-state index in [0.717, 1.165) is 27.7 Å². The molecule has 0 radical (unpaired) electrons. The van der Waals surface area contributed by atoms with Gasteiger partial charge < -0.3 is 18.7 Å². The Morgan fingerprint density at radius 2 is 2.07 bits per heavy atom. The van der Waals surface area contributed by atoms with Gasteiger partial charge in [-0.15, -0.1) is 0 Å². The maximum Gasteiger partial charge on any atom is 0.240 e. The molecule has 5 nitrogen and oxygen atoms in total. The van der Waals surface area contributed by atoms with Crippen molar-refractivity contribution < 1.29 is 18.7 Å². The summed E-state index contributed by atoms with van der Waals surface area (Å²) in [7, 11) is 0. The number of hydrogen-bond donors (Lipinski definition) is 1. The lowest BCUT2D eigenvalue weighted by Gasteiger charge is -2.17. The average Bonchev–Trinajstić information content (AvgIpc) is 3.34. The van der Waals surface area contributed by atoms with E-state index in [0.29, 0.717) is 24.5 Å². The van der Waals surface area contributed by atoms with Crippen LogP contribution in [0.15, 0.2) is 70.0 Å². The first kappa shape index (κ1) is 17.4. The molecule has 2 aromatic heterocycles. The Balaban J connectivity index is 1.65. The van der Waals surface area contributed by atoms with Gasteiger partial charge in [0.1, 0.15) is 17.8 Å². The highest BCUT2D eigenvalue weighted by Crippen LogP contribution is 2.31. The minimum atomic E-state index is -0.432. The lowest BCUT2D eigenvalue weighted by Crippen LogP contribution is -2.10. The molecule has 4 rings (SSSR count). The number of aliphatic hydroxyl groups excluding tert-OH is 1. The SMILES string of the molecule is Cc1cccc(C(Oc2ccc3c(CCCO)occ3c2)c2ncco2)c1. The monoisotopic (exact) mass is 363 g/mol. The summed E-state index contributed by atoms with van der Waals surface area (Å²) in [6.45, 7) is 2.19. The lowest BCUT2D eigenvalue weighted by molar-refractivity contribution is 0.208. The number of aryl methyl sites for hydroxylation is 2.